The average Bonchev–Trinajstić information content (AvgIpc) is 1.22. The van der Waals surface area contributed by atoms with Crippen molar-refractivity contribution in [1.29, 1.82) is 0 Å². The molecule has 0 radical (unpaired) electrons. The summed E-state index contributed by atoms with van der Waals surface area (Å²) in [6.45, 7) is 9.96. The largest absolute Gasteiger partial charge is 0.481 e. The van der Waals surface area contributed by atoms with Gasteiger partial charge in [0.15, 0.2) is 5.78 Å². The fourth-order valence-electron chi connectivity index (χ4n) is 11.8. The normalized spacial score (nSPS) is 33.5. The van der Waals surface area contributed by atoms with E-state index >= 15 is 0 Å². The first-order chi connectivity index (χ1) is 40.6. The van der Waals surface area contributed by atoms with E-state index in [0.717, 1.165) is 4.90 Å². The van der Waals surface area contributed by atoms with Crippen LogP contribution < -0.4 is 0 Å². The van der Waals surface area contributed by atoms with Gasteiger partial charge in [0.05, 0.1) is 83.3 Å². The summed E-state index contributed by atoms with van der Waals surface area (Å²) in [4.78, 5) is 108. The van der Waals surface area contributed by atoms with Crippen molar-refractivity contribution in [1.82, 2.24) is 4.90 Å². The lowest BCUT2D eigenvalue weighted by Gasteiger charge is -2.43. The number of Topliss-reactive ketones (excluding diaryl/α,β-unsaturated/α-hetero) is 3. The summed E-state index contributed by atoms with van der Waals surface area (Å²) in [5.74, 6) is -13.1. The predicted molar refractivity (Wildman–Crippen MR) is 311 cm³/mol. The standard InChI is InChI=1S/C63H97NO22/c1-38-15-11-10-12-16-39(2)51(86-62(35-81-26-22-53(67)68,36-82-27-23-54(69)70)37-83-28-24-55(71)72)33-46-20-18-44(7)63(78,85-46)59(75)60(76)64-25-14-13-17-47(64)61(77)84-50(41(4)31-45-19-21-48(65)52(32-45)79-8)34-49(66)40(3)30-43(6)57(74)58(80-9)56(73)42(5)29-38/h10-12,15-16,30,38,40-42,44-48,50-52,57-58,65,74,78H,13-14,17-29,31-37H2,1-9H3,(H,67,68)(H,69,70)(H,71,72)/b12-10+,15-11+,39-16+,43-30+/t38-,40-,41-,42-,44-,45+,46+,47+,48-,50+,51?,52-,57-,58+,63-/m1/s1. The van der Waals surface area contributed by atoms with Crippen molar-refractivity contribution in [3.63, 3.8) is 0 Å². The highest BCUT2D eigenvalue weighted by atomic mass is 16.6. The smallest absolute Gasteiger partial charge is 0.329 e. The molecule has 1 saturated carbocycles. The zero-order valence-corrected chi connectivity index (χ0v) is 51.8. The fourth-order valence-corrected chi connectivity index (χ4v) is 11.8. The monoisotopic (exact) mass is 1220 g/mol. The summed E-state index contributed by atoms with van der Waals surface area (Å²) in [6.07, 6.45) is 5.94. The Kier molecular flexibility index (Phi) is 30.5. The molecule has 1 aliphatic carbocycles. The molecule has 2 bridgehead atoms. The first-order valence-corrected chi connectivity index (χ1v) is 30.4. The van der Waals surface area contributed by atoms with Crippen LogP contribution in [0.2, 0.25) is 0 Å². The first-order valence-electron chi connectivity index (χ1n) is 30.4. The number of hydrogen-bond donors (Lipinski definition) is 6. The number of fused-ring (bicyclic) bond motifs is 3. The van der Waals surface area contributed by atoms with Crippen molar-refractivity contribution in [2.75, 3.05) is 60.4 Å². The number of aliphatic hydroxyl groups is 3. The van der Waals surface area contributed by atoms with Crippen LogP contribution in [-0.2, 0) is 76.3 Å². The second-order valence-corrected chi connectivity index (χ2v) is 24.2. The summed E-state index contributed by atoms with van der Waals surface area (Å²) >= 11 is 0. The Morgan fingerprint density at radius 3 is 1.97 bits per heavy atom. The summed E-state index contributed by atoms with van der Waals surface area (Å²) in [6, 6.07) is -1.29. The molecule has 4 rings (SSSR count). The van der Waals surface area contributed by atoms with Gasteiger partial charge in [-0.1, -0.05) is 71.1 Å². The molecule has 486 valence electrons. The summed E-state index contributed by atoms with van der Waals surface area (Å²) in [7, 11) is 2.86. The Morgan fingerprint density at radius 2 is 1.38 bits per heavy atom. The third-order valence-corrected chi connectivity index (χ3v) is 17.1. The van der Waals surface area contributed by atoms with Gasteiger partial charge in [-0.2, -0.15) is 0 Å². The number of methoxy groups -OCH3 is 2. The van der Waals surface area contributed by atoms with E-state index in [2.05, 4.69) is 0 Å². The molecule has 0 aromatic rings. The van der Waals surface area contributed by atoms with Crippen LogP contribution in [0.4, 0.5) is 0 Å². The summed E-state index contributed by atoms with van der Waals surface area (Å²) in [5, 5.41) is 62.9. The molecular weight excluding hydrogens is 1120 g/mol. The molecule has 86 heavy (non-hydrogen) atoms. The lowest BCUT2D eigenvalue weighted by molar-refractivity contribution is -0.269. The molecule has 23 nitrogen and oxygen atoms in total. The van der Waals surface area contributed by atoms with Crippen LogP contribution in [0.15, 0.2) is 47.6 Å². The van der Waals surface area contributed by atoms with Crippen molar-refractivity contribution in [2.45, 2.75) is 205 Å². The van der Waals surface area contributed by atoms with E-state index in [1.807, 2.05) is 19.9 Å². The molecule has 6 N–H and O–H groups in total. The maximum atomic E-state index is 14.8. The highest BCUT2D eigenvalue weighted by Gasteiger charge is 2.53. The Hall–Kier alpha value is -5.08. The first kappa shape index (κ1) is 73.4. The van der Waals surface area contributed by atoms with E-state index < -0.39 is 158 Å². The van der Waals surface area contributed by atoms with E-state index in [-0.39, 0.29) is 81.9 Å². The molecule has 2 saturated heterocycles. The molecule has 15 atom stereocenters. The van der Waals surface area contributed by atoms with Crippen LogP contribution >= 0.6 is 0 Å². The highest BCUT2D eigenvalue weighted by Crippen LogP contribution is 2.39. The number of rotatable bonds is 22. The molecule has 3 heterocycles. The van der Waals surface area contributed by atoms with Gasteiger partial charge in [-0.3, -0.25) is 33.6 Å². The number of ether oxygens (including phenoxy) is 8. The van der Waals surface area contributed by atoms with E-state index in [0.29, 0.717) is 56.1 Å². The molecular formula is C63H97NO22. The number of cyclic esters (lactones) is 1. The van der Waals surface area contributed by atoms with E-state index in [1.54, 1.807) is 65.0 Å². The topological polar surface area (TPSA) is 335 Å². The molecule has 0 spiro atoms. The van der Waals surface area contributed by atoms with Crippen molar-refractivity contribution < 1.29 is 107 Å². The molecule has 3 fully saturated rings. The minimum Gasteiger partial charge on any atom is -0.481 e. The second kappa shape index (κ2) is 35.8. The third-order valence-electron chi connectivity index (χ3n) is 17.1. The molecule has 1 unspecified atom stereocenters. The Bertz CT molecular complexity index is 2330. The van der Waals surface area contributed by atoms with Crippen molar-refractivity contribution in [2.24, 2.45) is 35.5 Å². The molecule has 1 amide bonds. The molecule has 3 aliphatic heterocycles. The predicted octanol–water partition coefficient (Wildman–Crippen LogP) is 5.76. The van der Waals surface area contributed by atoms with Gasteiger partial charge in [-0.15, -0.1) is 0 Å². The van der Waals surface area contributed by atoms with Crippen molar-refractivity contribution >= 4 is 47.1 Å². The lowest BCUT2D eigenvalue weighted by atomic mass is 9.78. The summed E-state index contributed by atoms with van der Waals surface area (Å²) in [5.41, 5.74) is -0.838. The van der Waals surface area contributed by atoms with E-state index in [4.69, 9.17) is 37.9 Å². The lowest BCUT2D eigenvalue weighted by Crippen LogP contribution is -2.61. The summed E-state index contributed by atoms with van der Waals surface area (Å²) < 4.78 is 48.3. The SMILES string of the molecule is CO[C@@H]1C[C@H](C[C@@H](C)[C@@H]2CC(=O)[C@H](C)/C=C(\C)[C@@H](O)[C@@H](OC)C(=O)[C@H](C)C[C@H](C)/C=C/C=C/C=C(\C)C(OC(COCCC(=O)O)(COCCC(=O)O)COCCC(=O)O)C[C@@H]3CC[C@@H](C)[C@@](O)(O3)C(=O)C(=O)N3CCCC[C@H]3C(=O)O2)CC[C@H]1O. The number of esters is 1. The van der Waals surface area contributed by atoms with E-state index in [9.17, 15) is 69.0 Å². The number of aliphatic hydroxyl groups excluding tert-OH is 2. The number of carboxylic acids is 3. The zero-order chi connectivity index (χ0) is 63.9. The van der Waals surface area contributed by atoms with Crippen molar-refractivity contribution in [3.8, 4) is 0 Å². The molecule has 4 aliphatic rings. The highest BCUT2D eigenvalue weighted by molar-refractivity contribution is 6.39. The van der Waals surface area contributed by atoms with Crippen molar-refractivity contribution in [3.05, 3.63) is 47.6 Å². The van der Waals surface area contributed by atoms with Gasteiger partial charge in [-0.25, -0.2) is 4.79 Å². The van der Waals surface area contributed by atoms with E-state index in [1.165, 1.54) is 14.2 Å². The Morgan fingerprint density at radius 1 is 0.767 bits per heavy atom. The van der Waals surface area contributed by atoms with Gasteiger partial charge in [0.1, 0.15) is 35.7 Å². The number of aliphatic carboxylic acids is 3. The van der Waals surface area contributed by atoms with Gasteiger partial charge < -0.3 is 73.4 Å². The number of allylic oxidation sites excluding steroid dienone is 6. The zero-order valence-electron chi connectivity index (χ0n) is 51.8. The minimum atomic E-state index is -2.72. The van der Waals surface area contributed by atoms with Crippen LogP contribution in [0.1, 0.15) is 145 Å². The van der Waals surface area contributed by atoms with Crippen LogP contribution in [0.5, 0.6) is 0 Å². The molecule has 0 aromatic heterocycles. The Balaban J connectivity index is 1.83. The number of carbonyl (C=O) groups is 8. The molecule has 23 heteroatoms. The van der Waals surface area contributed by atoms with Gasteiger partial charge in [-0.05, 0) is 107 Å². The van der Waals surface area contributed by atoms with Gasteiger partial charge >= 0.3 is 23.9 Å². The third kappa shape index (κ3) is 22.5. The van der Waals surface area contributed by atoms with Gasteiger partial charge in [0, 0.05) is 51.4 Å². The van der Waals surface area contributed by atoms with Crippen LogP contribution in [-0.4, -0.2) is 203 Å². The quantitative estimate of drug-likeness (QED) is 0.0324. The number of carbonyl (C=O) groups excluding carboxylic acids is 5. The van der Waals surface area contributed by atoms with Crippen LogP contribution in [0, 0.1) is 35.5 Å². The minimum absolute atomic E-state index is 0.0355. The fraction of sp³-hybridized carbons (Fsp3) is 0.746. The maximum absolute atomic E-state index is 14.8. The number of hydrogen-bond acceptors (Lipinski definition) is 19. The maximum Gasteiger partial charge on any atom is 0.329 e. The number of carboxylic acid groups (broad SMARTS) is 3. The molecule has 0 aromatic carbocycles. The number of piperidine rings is 1. The number of ketones is 3. The van der Waals surface area contributed by atoms with Gasteiger partial charge in [0.25, 0.3) is 11.7 Å². The number of amides is 1. The van der Waals surface area contributed by atoms with Crippen LogP contribution in [0.3, 0.4) is 0 Å². The second-order valence-electron chi connectivity index (χ2n) is 24.2. The average molecular weight is 1220 g/mol. The van der Waals surface area contributed by atoms with Crippen LogP contribution in [0.25, 0.3) is 0 Å². The number of nitrogens with zero attached hydrogens (tertiary/aromatic N) is 1. The Labute approximate surface area is 505 Å². The van der Waals surface area contributed by atoms with Gasteiger partial charge in [0.2, 0.25) is 5.79 Å².